The first-order chi connectivity index (χ1) is 19.6. The highest BCUT2D eigenvalue weighted by Gasteiger charge is 2.20. The summed E-state index contributed by atoms with van der Waals surface area (Å²) in [7, 11) is 5.49. The molecule has 0 aliphatic carbocycles. The number of hydrogen-bond acceptors (Lipinski definition) is 10. The number of aryl methyl sites for hydroxylation is 1. The highest BCUT2D eigenvalue weighted by atomic mass is 16.2. The summed E-state index contributed by atoms with van der Waals surface area (Å²) in [5, 5.41) is 25.6. The lowest BCUT2D eigenvalue weighted by Gasteiger charge is -2.22. The largest absolute Gasteiger partial charge is 0.370 e. The predicted octanol–water partition coefficient (Wildman–Crippen LogP) is 3.79. The number of rotatable bonds is 15. The van der Waals surface area contributed by atoms with Crippen molar-refractivity contribution in [2.45, 2.75) is 39.2 Å². The maximum Gasteiger partial charge on any atom is 0.246 e. The van der Waals surface area contributed by atoms with Crippen molar-refractivity contribution in [1.82, 2.24) is 30.0 Å². The number of anilines is 5. The van der Waals surface area contributed by atoms with Gasteiger partial charge in [-0.15, -0.1) is 0 Å². The molecule has 0 bridgehead atoms. The van der Waals surface area contributed by atoms with Crippen molar-refractivity contribution in [3.8, 4) is 6.07 Å². The van der Waals surface area contributed by atoms with Crippen LogP contribution in [0.4, 0.5) is 29.1 Å². The third-order valence-corrected chi connectivity index (χ3v) is 6.21. The molecule has 0 aliphatic rings. The SMILES string of the molecule is Cc1cc(Nc2cc(NCCCC(=O)[C@H](C)N(C)C(=O)/C=C/CN(C)C)nc(Nc3ccc(CC#N)cc3)n2)n[nH]1. The van der Waals surface area contributed by atoms with Crippen LogP contribution in [0.2, 0.25) is 0 Å². The van der Waals surface area contributed by atoms with Crippen molar-refractivity contribution in [3.05, 3.63) is 59.8 Å². The van der Waals surface area contributed by atoms with Gasteiger partial charge in [0.1, 0.15) is 11.6 Å². The second-order valence-corrected chi connectivity index (χ2v) is 9.97. The van der Waals surface area contributed by atoms with Crippen LogP contribution in [0.5, 0.6) is 0 Å². The van der Waals surface area contributed by atoms with Gasteiger partial charge >= 0.3 is 0 Å². The summed E-state index contributed by atoms with van der Waals surface area (Å²) in [6, 6.07) is 12.7. The van der Waals surface area contributed by atoms with Crippen molar-refractivity contribution in [2.75, 3.05) is 50.2 Å². The number of nitriles is 1. The third-order valence-electron chi connectivity index (χ3n) is 6.21. The lowest BCUT2D eigenvalue weighted by Crippen LogP contribution is -2.39. The Morgan fingerprint density at radius 3 is 2.46 bits per heavy atom. The normalized spacial score (nSPS) is 11.7. The van der Waals surface area contributed by atoms with Crippen molar-refractivity contribution in [2.24, 2.45) is 0 Å². The number of likely N-dealkylation sites (N-methyl/N-ethyl adjacent to an activating group) is 2. The van der Waals surface area contributed by atoms with Crippen molar-refractivity contribution < 1.29 is 9.59 Å². The first kappa shape index (κ1) is 30.8. The molecule has 0 fully saturated rings. The fourth-order valence-electron chi connectivity index (χ4n) is 3.77. The molecule has 1 aromatic carbocycles. The van der Waals surface area contributed by atoms with Gasteiger partial charge in [-0.3, -0.25) is 14.7 Å². The van der Waals surface area contributed by atoms with Crippen LogP contribution in [0.1, 0.15) is 31.0 Å². The summed E-state index contributed by atoms with van der Waals surface area (Å²) in [4.78, 5) is 37.7. The number of carbonyl (C=O) groups is 2. The van der Waals surface area contributed by atoms with Crippen LogP contribution in [0.15, 0.2) is 48.6 Å². The molecule has 1 amide bonds. The molecule has 216 valence electrons. The highest BCUT2D eigenvalue weighted by Crippen LogP contribution is 2.21. The van der Waals surface area contributed by atoms with Gasteiger partial charge in [0.15, 0.2) is 11.6 Å². The second kappa shape index (κ2) is 15.1. The lowest BCUT2D eigenvalue weighted by molar-refractivity contribution is -0.134. The molecule has 3 aromatic rings. The van der Waals surface area contributed by atoms with Crippen LogP contribution in [0, 0.1) is 18.3 Å². The van der Waals surface area contributed by atoms with E-state index in [1.807, 2.05) is 56.3 Å². The molecule has 12 heteroatoms. The zero-order valence-electron chi connectivity index (χ0n) is 24.2. The van der Waals surface area contributed by atoms with E-state index in [1.54, 1.807) is 26.1 Å². The molecule has 4 N–H and O–H groups in total. The number of H-pyrrole nitrogens is 1. The van der Waals surface area contributed by atoms with Gasteiger partial charge in [-0.05, 0) is 52.1 Å². The van der Waals surface area contributed by atoms with Crippen LogP contribution < -0.4 is 16.0 Å². The Bertz CT molecular complexity index is 1370. The summed E-state index contributed by atoms with van der Waals surface area (Å²) >= 11 is 0. The molecule has 12 nitrogen and oxygen atoms in total. The summed E-state index contributed by atoms with van der Waals surface area (Å²) < 4.78 is 0. The highest BCUT2D eigenvalue weighted by molar-refractivity contribution is 5.93. The fraction of sp³-hybridized carbons (Fsp3) is 0.379. The van der Waals surface area contributed by atoms with Crippen LogP contribution in [0.3, 0.4) is 0 Å². The Morgan fingerprint density at radius 1 is 1.07 bits per heavy atom. The molecule has 3 rings (SSSR count). The summed E-state index contributed by atoms with van der Waals surface area (Å²) in [5.74, 6) is 1.88. The first-order valence-electron chi connectivity index (χ1n) is 13.4. The van der Waals surface area contributed by atoms with Crippen molar-refractivity contribution in [1.29, 1.82) is 5.26 Å². The van der Waals surface area contributed by atoms with Gasteiger partial charge in [-0.2, -0.15) is 20.3 Å². The Morgan fingerprint density at radius 2 is 1.80 bits per heavy atom. The Balaban J connectivity index is 1.61. The Kier molecular flexibility index (Phi) is 11.4. The number of hydrogen-bond donors (Lipinski definition) is 4. The number of Topliss-reactive ketones (excluding diaryl/α,β-unsaturated/α-hetero) is 1. The van der Waals surface area contributed by atoms with Crippen molar-refractivity contribution >= 4 is 40.8 Å². The molecule has 0 saturated carbocycles. The summed E-state index contributed by atoms with van der Waals surface area (Å²) in [6.07, 6.45) is 4.51. The minimum Gasteiger partial charge on any atom is -0.370 e. The van der Waals surface area contributed by atoms with E-state index in [1.165, 1.54) is 11.0 Å². The average molecular weight is 559 g/mol. The number of nitrogens with one attached hydrogen (secondary N) is 4. The standard InChI is InChI=1S/C29H38N10O2/c1-20-18-27(37-36-20)33-26-19-25(34-29(35-26)32-23-12-10-22(11-13-23)14-15-30)31-16-6-8-24(40)21(2)39(5)28(41)9-7-17-38(3)4/h7,9-13,18-19,21H,6,8,14,16-17H2,1-5H3,(H4,31,32,33,34,35,36,37)/b9-7+/t21-/m0/s1. The number of aromatic amines is 1. The second-order valence-electron chi connectivity index (χ2n) is 9.97. The van der Waals surface area contributed by atoms with Gasteiger partial charge < -0.3 is 25.8 Å². The Labute approximate surface area is 240 Å². The van der Waals surface area contributed by atoms with E-state index in [0.717, 1.165) is 16.9 Å². The number of benzene rings is 1. The number of amides is 1. The van der Waals surface area contributed by atoms with Gasteiger partial charge in [0, 0.05) is 56.1 Å². The van der Waals surface area contributed by atoms with Gasteiger partial charge in [0.25, 0.3) is 0 Å². The molecule has 0 radical (unpaired) electrons. The smallest absolute Gasteiger partial charge is 0.246 e. The molecule has 0 unspecified atom stereocenters. The lowest BCUT2D eigenvalue weighted by atomic mass is 10.1. The fourth-order valence-corrected chi connectivity index (χ4v) is 3.77. The quantitative estimate of drug-likeness (QED) is 0.160. The maximum absolute atomic E-state index is 12.7. The molecular weight excluding hydrogens is 520 g/mol. The zero-order valence-corrected chi connectivity index (χ0v) is 24.2. The van der Waals surface area contributed by atoms with E-state index in [4.69, 9.17) is 5.26 Å². The van der Waals surface area contributed by atoms with Gasteiger partial charge in [0.05, 0.1) is 18.5 Å². The predicted molar refractivity (Wildman–Crippen MR) is 160 cm³/mol. The number of carbonyl (C=O) groups excluding carboxylic acids is 2. The number of ketones is 1. The molecule has 0 spiro atoms. The van der Waals surface area contributed by atoms with Crippen LogP contribution in [-0.2, 0) is 16.0 Å². The van der Waals surface area contributed by atoms with Crippen LogP contribution in [-0.4, -0.2) is 81.9 Å². The number of aromatic nitrogens is 4. The molecular formula is C29H38N10O2. The minimum atomic E-state index is -0.519. The zero-order chi connectivity index (χ0) is 29.8. The summed E-state index contributed by atoms with van der Waals surface area (Å²) in [5.41, 5.74) is 2.61. The van der Waals surface area contributed by atoms with Gasteiger partial charge in [-0.1, -0.05) is 18.2 Å². The molecule has 0 aliphatic heterocycles. The van der Waals surface area contributed by atoms with Crippen LogP contribution in [0.25, 0.3) is 0 Å². The number of nitrogens with zero attached hydrogens (tertiary/aromatic N) is 6. The average Bonchev–Trinajstić information content (AvgIpc) is 3.35. The third kappa shape index (κ3) is 10.1. The Hall–Kier alpha value is -4.76. The molecule has 0 saturated heterocycles. The van der Waals surface area contributed by atoms with E-state index in [2.05, 4.69) is 42.2 Å². The van der Waals surface area contributed by atoms with E-state index in [-0.39, 0.29) is 11.7 Å². The minimum absolute atomic E-state index is 0.00944. The molecule has 2 aromatic heterocycles. The van der Waals surface area contributed by atoms with E-state index < -0.39 is 6.04 Å². The monoisotopic (exact) mass is 558 g/mol. The van der Waals surface area contributed by atoms with E-state index in [0.29, 0.717) is 55.8 Å². The first-order valence-corrected chi connectivity index (χ1v) is 13.4. The molecule has 2 heterocycles. The molecule has 41 heavy (non-hydrogen) atoms. The van der Waals surface area contributed by atoms with E-state index in [9.17, 15) is 9.59 Å². The molecule has 1 atom stereocenters. The van der Waals surface area contributed by atoms with Crippen molar-refractivity contribution in [3.63, 3.8) is 0 Å². The topological polar surface area (TPSA) is 155 Å². The van der Waals surface area contributed by atoms with Gasteiger partial charge in [0.2, 0.25) is 11.9 Å². The van der Waals surface area contributed by atoms with Gasteiger partial charge in [-0.25, -0.2) is 0 Å². The van der Waals surface area contributed by atoms with E-state index >= 15 is 0 Å². The van der Waals surface area contributed by atoms with Crippen LogP contribution >= 0.6 is 0 Å². The maximum atomic E-state index is 12.7. The summed E-state index contributed by atoms with van der Waals surface area (Å²) in [6.45, 7) is 4.81.